The quantitative estimate of drug-likeness (QED) is 0.925. The van der Waals surface area contributed by atoms with Gasteiger partial charge in [-0.3, -0.25) is 4.90 Å². The number of thiazole rings is 1. The SMILES string of the molecule is CC(O)C1CCCCN1Cc1cnc(C(C)(C)C)s1. The average Bonchev–Trinajstić information content (AvgIpc) is 2.77. The van der Waals surface area contributed by atoms with E-state index in [1.54, 1.807) is 0 Å². The van der Waals surface area contributed by atoms with Gasteiger partial charge in [0.15, 0.2) is 0 Å². The second-order valence-electron chi connectivity index (χ2n) is 6.66. The third-order valence-corrected chi connectivity index (χ3v) is 5.18. The Bertz CT molecular complexity index is 409. The molecular weight excluding hydrogens is 256 g/mol. The lowest BCUT2D eigenvalue weighted by molar-refractivity contribution is 0.0322. The van der Waals surface area contributed by atoms with Gasteiger partial charge in [0, 0.05) is 29.1 Å². The van der Waals surface area contributed by atoms with Crippen LogP contribution in [-0.4, -0.2) is 33.7 Å². The van der Waals surface area contributed by atoms with E-state index >= 15 is 0 Å². The second kappa shape index (κ2) is 5.90. The molecule has 0 amide bonds. The topological polar surface area (TPSA) is 36.4 Å². The van der Waals surface area contributed by atoms with Crippen molar-refractivity contribution < 1.29 is 5.11 Å². The molecule has 1 aliphatic heterocycles. The minimum atomic E-state index is -0.240. The molecule has 0 radical (unpaired) electrons. The van der Waals surface area contributed by atoms with Crippen LogP contribution in [0.3, 0.4) is 0 Å². The van der Waals surface area contributed by atoms with Gasteiger partial charge in [-0.2, -0.15) is 0 Å². The molecule has 4 heteroatoms. The molecule has 1 N–H and O–H groups in total. The van der Waals surface area contributed by atoms with E-state index in [-0.39, 0.29) is 11.5 Å². The van der Waals surface area contributed by atoms with Gasteiger partial charge in [-0.1, -0.05) is 27.2 Å². The minimum Gasteiger partial charge on any atom is -0.392 e. The van der Waals surface area contributed by atoms with Crippen LogP contribution in [0.15, 0.2) is 6.20 Å². The number of nitrogens with zero attached hydrogens (tertiary/aromatic N) is 2. The standard InChI is InChI=1S/C15H26N2OS/c1-11(18)13-7-5-6-8-17(13)10-12-9-16-14(19-12)15(2,3)4/h9,11,13,18H,5-8,10H2,1-4H3. The van der Waals surface area contributed by atoms with Crippen molar-refractivity contribution in [2.75, 3.05) is 6.54 Å². The molecule has 2 heterocycles. The van der Waals surface area contributed by atoms with Gasteiger partial charge in [-0.25, -0.2) is 4.98 Å². The predicted octanol–water partition coefficient (Wildman–Crippen LogP) is 3.18. The van der Waals surface area contributed by atoms with Gasteiger partial charge in [-0.15, -0.1) is 11.3 Å². The Labute approximate surface area is 120 Å². The largest absolute Gasteiger partial charge is 0.392 e. The fourth-order valence-corrected chi connectivity index (χ4v) is 3.68. The molecule has 2 unspecified atom stereocenters. The number of aliphatic hydroxyl groups excluding tert-OH is 1. The third-order valence-electron chi connectivity index (χ3n) is 3.78. The summed E-state index contributed by atoms with van der Waals surface area (Å²) in [5, 5.41) is 11.1. The van der Waals surface area contributed by atoms with Crippen molar-refractivity contribution in [1.82, 2.24) is 9.88 Å². The molecule has 1 fully saturated rings. The van der Waals surface area contributed by atoms with Gasteiger partial charge in [-0.05, 0) is 26.3 Å². The Balaban J connectivity index is 2.05. The Kier molecular flexibility index (Phi) is 4.64. The lowest BCUT2D eigenvalue weighted by Gasteiger charge is -2.37. The van der Waals surface area contributed by atoms with Crippen molar-refractivity contribution in [1.29, 1.82) is 0 Å². The maximum absolute atomic E-state index is 9.91. The second-order valence-corrected chi connectivity index (χ2v) is 7.77. The lowest BCUT2D eigenvalue weighted by Crippen LogP contribution is -2.45. The fraction of sp³-hybridized carbons (Fsp3) is 0.800. The predicted molar refractivity (Wildman–Crippen MR) is 80.5 cm³/mol. The molecule has 2 atom stereocenters. The molecule has 2 rings (SSSR count). The first kappa shape index (κ1) is 14.9. The maximum Gasteiger partial charge on any atom is 0.0981 e. The maximum atomic E-state index is 9.91. The van der Waals surface area contributed by atoms with E-state index < -0.39 is 0 Å². The van der Waals surface area contributed by atoms with Gasteiger partial charge < -0.3 is 5.11 Å². The van der Waals surface area contributed by atoms with Crippen LogP contribution >= 0.6 is 11.3 Å². The molecule has 19 heavy (non-hydrogen) atoms. The minimum absolute atomic E-state index is 0.133. The normalized spacial score (nSPS) is 23.5. The van der Waals surface area contributed by atoms with Gasteiger partial charge in [0.2, 0.25) is 0 Å². The molecule has 108 valence electrons. The molecule has 0 aliphatic carbocycles. The van der Waals surface area contributed by atoms with Gasteiger partial charge >= 0.3 is 0 Å². The van der Waals surface area contributed by atoms with E-state index in [1.807, 2.05) is 24.5 Å². The Morgan fingerprint density at radius 1 is 1.47 bits per heavy atom. The van der Waals surface area contributed by atoms with Crippen LogP contribution in [0.1, 0.15) is 56.8 Å². The Morgan fingerprint density at radius 2 is 2.21 bits per heavy atom. The summed E-state index contributed by atoms with van der Waals surface area (Å²) in [4.78, 5) is 8.29. The third kappa shape index (κ3) is 3.77. The zero-order valence-electron chi connectivity index (χ0n) is 12.5. The molecule has 0 aromatic carbocycles. The lowest BCUT2D eigenvalue weighted by atomic mass is 9.98. The highest BCUT2D eigenvalue weighted by molar-refractivity contribution is 7.11. The summed E-state index contributed by atoms with van der Waals surface area (Å²) in [6, 6.07) is 0.314. The van der Waals surface area contributed by atoms with Crippen LogP contribution in [0, 0.1) is 0 Å². The number of hydrogen-bond donors (Lipinski definition) is 1. The zero-order valence-corrected chi connectivity index (χ0v) is 13.3. The molecule has 0 bridgehead atoms. The summed E-state index contributed by atoms with van der Waals surface area (Å²) in [6.07, 6.45) is 5.37. The highest BCUT2D eigenvalue weighted by atomic mass is 32.1. The summed E-state index contributed by atoms with van der Waals surface area (Å²) in [7, 11) is 0. The van der Waals surface area contributed by atoms with Crippen molar-refractivity contribution >= 4 is 11.3 Å². The molecule has 3 nitrogen and oxygen atoms in total. The summed E-state index contributed by atoms with van der Waals surface area (Å²) >= 11 is 1.81. The molecule has 0 saturated carbocycles. The number of likely N-dealkylation sites (tertiary alicyclic amines) is 1. The Hall–Kier alpha value is -0.450. The van der Waals surface area contributed by atoms with E-state index in [0.29, 0.717) is 6.04 Å². The molecule has 0 spiro atoms. The van der Waals surface area contributed by atoms with Crippen LogP contribution in [0.25, 0.3) is 0 Å². The Morgan fingerprint density at radius 3 is 2.79 bits per heavy atom. The van der Waals surface area contributed by atoms with Crippen molar-refractivity contribution in [3.63, 3.8) is 0 Å². The van der Waals surface area contributed by atoms with E-state index in [1.165, 1.54) is 22.7 Å². The number of piperidine rings is 1. The summed E-state index contributed by atoms with van der Waals surface area (Å²) in [5.74, 6) is 0. The van der Waals surface area contributed by atoms with Crippen molar-refractivity contribution in [3.05, 3.63) is 16.1 Å². The van der Waals surface area contributed by atoms with E-state index in [9.17, 15) is 5.11 Å². The van der Waals surface area contributed by atoms with Crippen LogP contribution in [0.2, 0.25) is 0 Å². The molecule has 1 aliphatic rings. The first-order valence-corrected chi connectivity index (χ1v) is 8.07. The number of aliphatic hydroxyl groups is 1. The highest BCUT2D eigenvalue weighted by Gasteiger charge is 2.27. The van der Waals surface area contributed by atoms with Crippen molar-refractivity contribution in [3.8, 4) is 0 Å². The first-order chi connectivity index (χ1) is 8.88. The highest BCUT2D eigenvalue weighted by Crippen LogP contribution is 2.29. The monoisotopic (exact) mass is 282 g/mol. The van der Waals surface area contributed by atoms with Gasteiger partial charge in [0.05, 0.1) is 11.1 Å². The number of aromatic nitrogens is 1. The van der Waals surface area contributed by atoms with E-state index in [2.05, 4.69) is 30.7 Å². The van der Waals surface area contributed by atoms with Gasteiger partial charge in [0.1, 0.15) is 0 Å². The zero-order chi connectivity index (χ0) is 14.0. The average molecular weight is 282 g/mol. The van der Waals surface area contributed by atoms with Gasteiger partial charge in [0.25, 0.3) is 0 Å². The molecule has 1 aromatic rings. The fourth-order valence-electron chi connectivity index (χ4n) is 2.69. The van der Waals surface area contributed by atoms with E-state index in [0.717, 1.165) is 19.5 Å². The molecule has 1 saturated heterocycles. The first-order valence-electron chi connectivity index (χ1n) is 7.25. The molecule has 1 aromatic heterocycles. The smallest absolute Gasteiger partial charge is 0.0981 e. The summed E-state index contributed by atoms with van der Waals surface area (Å²) < 4.78 is 0. The number of hydrogen-bond acceptors (Lipinski definition) is 4. The van der Waals surface area contributed by atoms with Crippen molar-refractivity contribution in [2.24, 2.45) is 0 Å². The summed E-state index contributed by atoms with van der Waals surface area (Å²) in [6.45, 7) is 10.6. The number of rotatable bonds is 3. The van der Waals surface area contributed by atoms with Crippen LogP contribution in [-0.2, 0) is 12.0 Å². The van der Waals surface area contributed by atoms with Crippen molar-refractivity contribution in [2.45, 2.75) is 71.1 Å². The van der Waals surface area contributed by atoms with E-state index in [4.69, 9.17) is 0 Å². The van der Waals surface area contributed by atoms with Crippen LogP contribution in [0.4, 0.5) is 0 Å². The van der Waals surface area contributed by atoms with Crippen LogP contribution < -0.4 is 0 Å². The summed E-state index contributed by atoms with van der Waals surface area (Å²) in [5.41, 5.74) is 0.133. The van der Waals surface area contributed by atoms with Crippen LogP contribution in [0.5, 0.6) is 0 Å². The molecular formula is C15H26N2OS.